The van der Waals surface area contributed by atoms with Crippen molar-refractivity contribution in [3.63, 3.8) is 0 Å². The minimum absolute atomic E-state index is 0.00354. The number of carbonyl (C=O) groups excluding carboxylic acids is 1. The average molecular weight is 368 g/mol. The van der Waals surface area contributed by atoms with Crippen LogP contribution in [0.4, 0.5) is 5.69 Å². The Hall–Kier alpha value is -3.00. The van der Waals surface area contributed by atoms with Crippen LogP contribution in [0.15, 0.2) is 64.8 Å². The molecule has 0 radical (unpaired) electrons. The summed E-state index contributed by atoms with van der Waals surface area (Å²) >= 11 is 1.33. The number of nitro benzene ring substituents is 1. The molecule has 1 aliphatic rings. The number of nitro groups is 1. The van der Waals surface area contributed by atoms with Crippen molar-refractivity contribution < 1.29 is 9.72 Å². The third-order valence-corrected chi connectivity index (χ3v) is 4.88. The lowest BCUT2D eigenvalue weighted by atomic mass is 10.1. The SMILES string of the molecule is C/C(=N/N=C1\NC(=O)[C@H](Cc2ccccc2)S1)c1cccc([N+](=O)[O-])c1. The lowest BCUT2D eigenvalue weighted by molar-refractivity contribution is -0.384. The van der Waals surface area contributed by atoms with Gasteiger partial charge < -0.3 is 5.32 Å². The Morgan fingerprint density at radius 2 is 2.00 bits per heavy atom. The number of hydrogen-bond donors (Lipinski definition) is 1. The lowest BCUT2D eigenvalue weighted by Crippen LogP contribution is -2.25. The molecule has 0 bridgehead atoms. The molecule has 1 fully saturated rings. The second-order valence-corrected chi connectivity index (χ2v) is 6.87. The Kier molecular flexibility index (Phi) is 5.43. The minimum atomic E-state index is -0.454. The van der Waals surface area contributed by atoms with Crippen molar-refractivity contribution in [3.8, 4) is 0 Å². The van der Waals surface area contributed by atoms with Gasteiger partial charge in [0.25, 0.3) is 5.69 Å². The van der Waals surface area contributed by atoms with Gasteiger partial charge in [-0.25, -0.2) is 0 Å². The van der Waals surface area contributed by atoms with E-state index < -0.39 is 4.92 Å². The summed E-state index contributed by atoms with van der Waals surface area (Å²) in [5.41, 5.74) is 2.22. The van der Waals surface area contributed by atoms with Crippen molar-refractivity contribution >= 4 is 34.2 Å². The van der Waals surface area contributed by atoms with E-state index in [0.29, 0.717) is 22.9 Å². The Bertz CT molecular complexity index is 896. The van der Waals surface area contributed by atoms with Crippen LogP contribution in [0.3, 0.4) is 0 Å². The van der Waals surface area contributed by atoms with Gasteiger partial charge in [-0.05, 0) is 18.9 Å². The number of amidine groups is 1. The predicted molar refractivity (Wildman–Crippen MR) is 102 cm³/mol. The molecule has 0 saturated carbocycles. The largest absolute Gasteiger partial charge is 0.303 e. The first-order valence-corrected chi connectivity index (χ1v) is 8.79. The summed E-state index contributed by atoms with van der Waals surface area (Å²) in [7, 11) is 0. The van der Waals surface area contributed by atoms with Crippen LogP contribution in [0.5, 0.6) is 0 Å². The third-order valence-electron chi connectivity index (χ3n) is 3.81. The van der Waals surface area contributed by atoms with E-state index in [2.05, 4.69) is 15.5 Å². The summed E-state index contributed by atoms with van der Waals surface area (Å²) in [6, 6.07) is 16.0. The van der Waals surface area contributed by atoms with E-state index in [0.717, 1.165) is 5.56 Å². The molecule has 8 heteroatoms. The van der Waals surface area contributed by atoms with Gasteiger partial charge in [-0.1, -0.05) is 54.2 Å². The lowest BCUT2D eigenvalue weighted by Gasteiger charge is -2.04. The second kappa shape index (κ2) is 7.92. The maximum Gasteiger partial charge on any atom is 0.270 e. The quantitative estimate of drug-likeness (QED) is 0.498. The smallest absolute Gasteiger partial charge is 0.270 e. The minimum Gasteiger partial charge on any atom is -0.303 e. The third kappa shape index (κ3) is 4.34. The molecule has 1 heterocycles. The van der Waals surface area contributed by atoms with E-state index in [1.54, 1.807) is 19.1 Å². The predicted octanol–water partition coefficient (Wildman–Crippen LogP) is 3.15. The first kappa shape index (κ1) is 17.8. The van der Waals surface area contributed by atoms with Crippen LogP contribution in [0.1, 0.15) is 18.1 Å². The molecule has 0 unspecified atom stereocenters. The molecular formula is C18H16N4O3S. The Morgan fingerprint density at radius 3 is 2.73 bits per heavy atom. The van der Waals surface area contributed by atoms with E-state index in [-0.39, 0.29) is 16.8 Å². The fraction of sp³-hybridized carbons (Fsp3) is 0.167. The number of benzene rings is 2. The fourth-order valence-electron chi connectivity index (χ4n) is 2.44. The molecule has 26 heavy (non-hydrogen) atoms. The number of nitrogens with zero attached hydrogens (tertiary/aromatic N) is 3. The molecular weight excluding hydrogens is 352 g/mol. The highest BCUT2D eigenvalue weighted by atomic mass is 32.2. The first-order valence-electron chi connectivity index (χ1n) is 7.91. The topological polar surface area (TPSA) is 97.0 Å². The molecule has 0 aromatic heterocycles. The van der Waals surface area contributed by atoms with Crippen molar-refractivity contribution in [2.24, 2.45) is 10.2 Å². The van der Waals surface area contributed by atoms with Crippen molar-refractivity contribution in [2.75, 3.05) is 0 Å². The molecule has 132 valence electrons. The first-order chi connectivity index (χ1) is 12.5. The normalized spacial score (nSPS) is 18.8. The summed E-state index contributed by atoms with van der Waals surface area (Å²) < 4.78 is 0. The number of hydrogen-bond acceptors (Lipinski definition) is 6. The van der Waals surface area contributed by atoms with E-state index in [9.17, 15) is 14.9 Å². The molecule has 1 atom stereocenters. The van der Waals surface area contributed by atoms with Crippen LogP contribution < -0.4 is 5.32 Å². The van der Waals surface area contributed by atoms with Gasteiger partial charge in [0, 0.05) is 17.7 Å². The van der Waals surface area contributed by atoms with Crippen LogP contribution in [-0.4, -0.2) is 27.0 Å². The van der Waals surface area contributed by atoms with Gasteiger partial charge in [0.2, 0.25) is 5.91 Å². The van der Waals surface area contributed by atoms with Crippen LogP contribution in [0, 0.1) is 10.1 Å². The number of amides is 1. The van der Waals surface area contributed by atoms with E-state index >= 15 is 0 Å². The number of thioether (sulfide) groups is 1. The molecule has 2 aromatic carbocycles. The molecule has 0 aliphatic carbocycles. The summed E-state index contributed by atoms with van der Waals surface area (Å²) in [5.74, 6) is -0.0965. The molecule has 1 aliphatic heterocycles. The van der Waals surface area contributed by atoms with E-state index in [1.807, 2.05) is 30.3 Å². The Balaban J connectivity index is 1.70. The molecule has 1 N–H and O–H groups in total. The van der Waals surface area contributed by atoms with Gasteiger partial charge in [0.05, 0.1) is 15.9 Å². The zero-order valence-corrected chi connectivity index (χ0v) is 14.8. The zero-order valence-electron chi connectivity index (χ0n) is 14.0. The number of carbonyl (C=O) groups is 1. The summed E-state index contributed by atoms with van der Waals surface area (Å²) in [6.07, 6.45) is 0.615. The average Bonchev–Trinajstić information content (AvgIpc) is 3.00. The van der Waals surface area contributed by atoms with Gasteiger partial charge >= 0.3 is 0 Å². The summed E-state index contributed by atoms with van der Waals surface area (Å²) in [6.45, 7) is 1.71. The van der Waals surface area contributed by atoms with Crippen molar-refractivity contribution in [3.05, 3.63) is 75.8 Å². The molecule has 3 rings (SSSR count). The summed E-state index contributed by atoms with van der Waals surface area (Å²) in [4.78, 5) is 22.5. The van der Waals surface area contributed by atoms with Gasteiger partial charge in [-0.3, -0.25) is 14.9 Å². The maximum absolute atomic E-state index is 12.1. The standard InChI is InChI=1S/C18H16N4O3S/c1-12(14-8-5-9-15(11-14)22(24)25)20-21-18-19-17(23)16(26-18)10-13-6-3-2-4-7-13/h2-9,11,16H,10H2,1H3,(H,19,21,23)/b20-12-/t16-/m0/s1. The van der Waals surface area contributed by atoms with Crippen molar-refractivity contribution in [1.82, 2.24) is 5.32 Å². The van der Waals surface area contributed by atoms with Gasteiger partial charge in [-0.15, -0.1) is 5.10 Å². The van der Waals surface area contributed by atoms with Crippen molar-refractivity contribution in [1.29, 1.82) is 0 Å². The fourth-order valence-corrected chi connectivity index (χ4v) is 3.40. The highest BCUT2D eigenvalue weighted by molar-refractivity contribution is 8.15. The van der Waals surface area contributed by atoms with Crippen LogP contribution in [0.2, 0.25) is 0 Å². The monoisotopic (exact) mass is 368 g/mol. The van der Waals surface area contributed by atoms with Gasteiger partial charge in [-0.2, -0.15) is 5.10 Å². The molecule has 2 aromatic rings. The van der Waals surface area contributed by atoms with E-state index in [1.165, 1.54) is 23.9 Å². The van der Waals surface area contributed by atoms with Crippen LogP contribution in [-0.2, 0) is 11.2 Å². The second-order valence-electron chi connectivity index (χ2n) is 5.68. The van der Waals surface area contributed by atoms with Crippen LogP contribution >= 0.6 is 11.8 Å². The highest BCUT2D eigenvalue weighted by Gasteiger charge is 2.30. The molecule has 7 nitrogen and oxygen atoms in total. The molecule has 0 spiro atoms. The maximum atomic E-state index is 12.1. The van der Waals surface area contributed by atoms with Crippen molar-refractivity contribution in [2.45, 2.75) is 18.6 Å². The number of rotatable bonds is 5. The Labute approximate surface area is 154 Å². The zero-order chi connectivity index (χ0) is 18.5. The molecule has 1 saturated heterocycles. The Morgan fingerprint density at radius 1 is 1.23 bits per heavy atom. The van der Waals surface area contributed by atoms with Crippen LogP contribution in [0.25, 0.3) is 0 Å². The number of non-ortho nitro benzene ring substituents is 1. The molecule has 1 amide bonds. The van der Waals surface area contributed by atoms with Gasteiger partial charge in [0.1, 0.15) is 0 Å². The van der Waals surface area contributed by atoms with Gasteiger partial charge in [0.15, 0.2) is 5.17 Å². The highest BCUT2D eigenvalue weighted by Crippen LogP contribution is 2.23. The van der Waals surface area contributed by atoms with E-state index in [4.69, 9.17) is 0 Å². The number of nitrogens with one attached hydrogen (secondary N) is 1. The summed E-state index contributed by atoms with van der Waals surface area (Å²) in [5, 5.41) is 21.9.